The fourth-order valence-corrected chi connectivity index (χ4v) is 2.49. The highest BCUT2D eigenvalue weighted by Crippen LogP contribution is 2.35. The van der Waals surface area contributed by atoms with Crippen molar-refractivity contribution in [1.29, 1.82) is 0 Å². The molecule has 0 radical (unpaired) electrons. The quantitative estimate of drug-likeness (QED) is 0.725. The van der Waals surface area contributed by atoms with Crippen molar-refractivity contribution in [3.8, 4) is 5.75 Å². The van der Waals surface area contributed by atoms with Gasteiger partial charge in [0.15, 0.2) is 0 Å². The lowest BCUT2D eigenvalue weighted by Gasteiger charge is -2.11. The van der Waals surface area contributed by atoms with Crippen molar-refractivity contribution < 1.29 is 4.74 Å². The zero-order valence-electron chi connectivity index (χ0n) is 9.69. The molecule has 0 aliphatic rings. The summed E-state index contributed by atoms with van der Waals surface area (Å²) in [4.78, 5) is 1.24. The molecular formula is C14H16OS. The van der Waals surface area contributed by atoms with Gasteiger partial charge in [0, 0.05) is 0 Å². The molecule has 1 nitrogen and oxygen atoms in total. The molecule has 2 aromatic carbocycles. The lowest BCUT2D eigenvalue weighted by molar-refractivity contribution is 0.311. The summed E-state index contributed by atoms with van der Waals surface area (Å²) in [5.41, 5.74) is 0. The minimum Gasteiger partial charge on any atom is -0.492 e. The molecular weight excluding hydrogens is 216 g/mol. The lowest BCUT2D eigenvalue weighted by Crippen LogP contribution is -1.96. The van der Waals surface area contributed by atoms with Crippen molar-refractivity contribution in [1.82, 2.24) is 0 Å². The van der Waals surface area contributed by atoms with Crippen LogP contribution in [0.5, 0.6) is 5.75 Å². The van der Waals surface area contributed by atoms with Crippen LogP contribution in [0.2, 0.25) is 0 Å². The van der Waals surface area contributed by atoms with Gasteiger partial charge in [0.05, 0.1) is 11.5 Å². The van der Waals surface area contributed by atoms with Crippen molar-refractivity contribution in [2.45, 2.75) is 18.2 Å². The molecule has 0 N–H and O–H groups in total. The molecule has 0 heterocycles. The minimum atomic E-state index is 0.784. The molecule has 84 valence electrons. The van der Waals surface area contributed by atoms with E-state index >= 15 is 0 Å². The maximum Gasteiger partial charge on any atom is 0.133 e. The van der Waals surface area contributed by atoms with Crippen molar-refractivity contribution in [3.63, 3.8) is 0 Å². The van der Waals surface area contributed by atoms with Crippen LogP contribution in [0, 0.1) is 0 Å². The average Bonchev–Trinajstić information content (AvgIpc) is 2.35. The first-order valence-corrected chi connectivity index (χ1v) is 6.78. The van der Waals surface area contributed by atoms with E-state index < -0.39 is 0 Å². The molecule has 0 aliphatic heterocycles. The molecule has 2 aromatic rings. The van der Waals surface area contributed by atoms with Gasteiger partial charge in [0.25, 0.3) is 0 Å². The Labute approximate surface area is 101 Å². The first kappa shape index (κ1) is 11.3. The Bertz CT molecular complexity index is 479. The van der Waals surface area contributed by atoms with Crippen molar-refractivity contribution in [3.05, 3.63) is 36.4 Å². The van der Waals surface area contributed by atoms with Crippen molar-refractivity contribution in [2.75, 3.05) is 12.9 Å². The van der Waals surface area contributed by atoms with Gasteiger partial charge in [-0.2, -0.15) is 0 Å². The topological polar surface area (TPSA) is 9.23 Å². The third kappa shape index (κ3) is 2.17. The summed E-state index contributed by atoms with van der Waals surface area (Å²) in [6.07, 6.45) is 3.14. The van der Waals surface area contributed by atoms with E-state index in [0.29, 0.717) is 0 Å². The van der Waals surface area contributed by atoms with Gasteiger partial charge in [-0.3, -0.25) is 0 Å². The van der Waals surface area contributed by atoms with Crippen LogP contribution in [0.4, 0.5) is 0 Å². The summed E-state index contributed by atoms with van der Waals surface area (Å²) in [5.74, 6) is 1.01. The molecule has 0 unspecified atom stereocenters. The van der Waals surface area contributed by atoms with E-state index in [1.54, 1.807) is 11.8 Å². The average molecular weight is 232 g/mol. The number of benzene rings is 2. The van der Waals surface area contributed by atoms with E-state index in [9.17, 15) is 0 Å². The van der Waals surface area contributed by atoms with Gasteiger partial charge in [-0.1, -0.05) is 37.3 Å². The number of thioether (sulfide) groups is 1. The standard InChI is InChI=1S/C14H16OS/c1-3-10-15-13-9-8-11-6-4-5-7-12(11)14(13)16-2/h4-9H,3,10H2,1-2H3. The van der Waals surface area contributed by atoms with Crippen molar-refractivity contribution >= 4 is 22.5 Å². The highest BCUT2D eigenvalue weighted by Gasteiger charge is 2.06. The van der Waals surface area contributed by atoms with Gasteiger partial charge in [-0.25, -0.2) is 0 Å². The summed E-state index contributed by atoms with van der Waals surface area (Å²) in [6.45, 7) is 2.91. The Morgan fingerprint density at radius 3 is 2.69 bits per heavy atom. The van der Waals surface area contributed by atoms with Crippen LogP contribution in [0.1, 0.15) is 13.3 Å². The largest absolute Gasteiger partial charge is 0.492 e. The maximum absolute atomic E-state index is 5.76. The molecule has 2 rings (SSSR count). The van der Waals surface area contributed by atoms with E-state index in [-0.39, 0.29) is 0 Å². The molecule has 0 amide bonds. The van der Waals surface area contributed by atoms with Crippen LogP contribution in [0.3, 0.4) is 0 Å². The second-order valence-electron chi connectivity index (χ2n) is 3.67. The Morgan fingerprint density at radius 2 is 1.94 bits per heavy atom. The number of hydrogen-bond donors (Lipinski definition) is 0. The highest BCUT2D eigenvalue weighted by atomic mass is 32.2. The predicted octanol–water partition coefficient (Wildman–Crippen LogP) is 4.35. The van der Waals surface area contributed by atoms with Crippen LogP contribution in [-0.4, -0.2) is 12.9 Å². The molecule has 16 heavy (non-hydrogen) atoms. The summed E-state index contributed by atoms with van der Waals surface area (Å²) in [5, 5.41) is 2.55. The SMILES string of the molecule is CCCOc1ccc2ccccc2c1SC. The number of hydrogen-bond acceptors (Lipinski definition) is 2. The molecule has 2 heteroatoms. The predicted molar refractivity (Wildman–Crippen MR) is 71.5 cm³/mol. The smallest absolute Gasteiger partial charge is 0.133 e. The first-order valence-electron chi connectivity index (χ1n) is 5.55. The summed E-state index contributed by atoms with van der Waals surface area (Å²) < 4.78 is 5.76. The van der Waals surface area contributed by atoms with Gasteiger partial charge >= 0.3 is 0 Å². The number of fused-ring (bicyclic) bond motifs is 1. The van der Waals surface area contributed by atoms with Crippen LogP contribution in [-0.2, 0) is 0 Å². The highest BCUT2D eigenvalue weighted by molar-refractivity contribution is 7.99. The van der Waals surface area contributed by atoms with E-state index in [4.69, 9.17) is 4.74 Å². The van der Waals surface area contributed by atoms with Crippen LogP contribution >= 0.6 is 11.8 Å². The molecule has 0 atom stereocenters. The Morgan fingerprint density at radius 1 is 1.12 bits per heavy atom. The summed E-state index contributed by atoms with van der Waals surface area (Å²) in [7, 11) is 0. The molecule has 0 aromatic heterocycles. The van der Waals surface area contributed by atoms with Gasteiger partial charge in [-0.05, 0) is 29.5 Å². The van der Waals surface area contributed by atoms with Gasteiger partial charge in [-0.15, -0.1) is 11.8 Å². The Hall–Kier alpha value is -1.15. The second-order valence-corrected chi connectivity index (χ2v) is 4.48. The summed E-state index contributed by atoms with van der Waals surface area (Å²) in [6, 6.07) is 12.6. The zero-order valence-corrected chi connectivity index (χ0v) is 10.5. The third-order valence-corrected chi connectivity index (χ3v) is 3.34. The van der Waals surface area contributed by atoms with Crippen LogP contribution in [0.25, 0.3) is 10.8 Å². The fraction of sp³-hybridized carbons (Fsp3) is 0.286. The number of ether oxygens (including phenoxy) is 1. The lowest BCUT2D eigenvalue weighted by atomic mass is 10.1. The zero-order chi connectivity index (χ0) is 11.4. The van der Waals surface area contributed by atoms with Crippen LogP contribution < -0.4 is 4.74 Å². The van der Waals surface area contributed by atoms with Gasteiger partial charge in [0.1, 0.15) is 5.75 Å². The molecule has 0 fully saturated rings. The Balaban J connectivity index is 2.50. The number of rotatable bonds is 4. The third-order valence-electron chi connectivity index (χ3n) is 2.51. The Kier molecular flexibility index (Phi) is 3.73. The van der Waals surface area contributed by atoms with E-state index in [1.807, 2.05) is 0 Å². The fourth-order valence-electron chi connectivity index (χ4n) is 1.76. The van der Waals surface area contributed by atoms with E-state index in [0.717, 1.165) is 18.8 Å². The molecule has 0 bridgehead atoms. The van der Waals surface area contributed by atoms with Gasteiger partial charge < -0.3 is 4.74 Å². The van der Waals surface area contributed by atoms with Crippen LogP contribution in [0.15, 0.2) is 41.3 Å². The first-order chi connectivity index (χ1) is 7.86. The summed E-state index contributed by atoms with van der Waals surface area (Å²) >= 11 is 1.75. The van der Waals surface area contributed by atoms with E-state index in [2.05, 4.69) is 49.6 Å². The molecule has 0 aliphatic carbocycles. The molecule has 0 saturated carbocycles. The molecule has 0 saturated heterocycles. The molecule has 0 spiro atoms. The van der Waals surface area contributed by atoms with E-state index in [1.165, 1.54) is 15.7 Å². The monoisotopic (exact) mass is 232 g/mol. The van der Waals surface area contributed by atoms with Crippen molar-refractivity contribution in [2.24, 2.45) is 0 Å². The maximum atomic E-state index is 5.76. The second kappa shape index (κ2) is 5.26. The normalized spacial score (nSPS) is 10.6. The minimum absolute atomic E-state index is 0.784. The van der Waals surface area contributed by atoms with Gasteiger partial charge in [0.2, 0.25) is 0 Å².